The standard InChI is InChI=1S/C21H26N2S2/c1-14-7-9-18(20(11-14)24-5)22-16(3)13-17(4)23-19-10-8-15(2)12-21(19)25-6/h7-12H,13H2,1-6H3. The summed E-state index contributed by atoms with van der Waals surface area (Å²) in [6, 6.07) is 12.8. The smallest absolute Gasteiger partial charge is 0.0764 e. The first-order valence-electron chi connectivity index (χ1n) is 8.30. The van der Waals surface area contributed by atoms with Gasteiger partial charge in [-0.1, -0.05) is 12.1 Å². The average Bonchev–Trinajstić information content (AvgIpc) is 2.57. The van der Waals surface area contributed by atoms with Gasteiger partial charge >= 0.3 is 0 Å². The van der Waals surface area contributed by atoms with Crippen LogP contribution in [0.5, 0.6) is 0 Å². The second-order valence-electron chi connectivity index (χ2n) is 6.22. The van der Waals surface area contributed by atoms with E-state index in [0.29, 0.717) is 0 Å². The van der Waals surface area contributed by atoms with Crippen molar-refractivity contribution in [3.63, 3.8) is 0 Å². The van der Waals surface area contributed by atoms with Crippen LogP contribution in [0.1, 0.15) is 31.4 Å². The first kappa shape index (κ1) is 19.8. The Morgan fingerprint density at radius 3 is 1.52 bits per heavy atom. The fourth-order valence-corrected chi connectivity index (χ4v) is 3.87. The molecule has 2 nitrogen and oxygen atoms in total. The van der Waals surface area contributed by atoms with Crippen LogP contribution in [0.2, 0.25) is 0 Å². The summed E-state index contributed by atoms with van der Waals surface area (Å²) in [7, 11) is 0. The van der Waals surface area contributed by atoms with Crippen molar-refractivity contribution in [3.05, 3.63) is 47.5 Å². The van der Waals surface area contributed by atoms with Crippen molar-refractivity contribution in [1.29, 1.82) is 0 Å². The molecule has 4 heteroatoms. The highest BCUT2D eigenvalue weighted by atomic mass is 32.2. The van der Waals surface area contributed by atoms with Gasteiger partial charge in [0.1, 0.15) is 0 Å². The van der Waals surface area contributed by atoms with Crippen molar-refractivity contribution < 1.29 is 0 Å². The monoisotopic (exact) mass is 370 g/mol. The molecule has 0 amide bonds. The lowest BCUT2D eigenvalue weighted by Crippen LogP contribution is -2.00. The molecule has 0 aliphatic carbocycles. The van der Waals surface area contributed by atoms with Gasteiger partial charge in [0.25, 0.3) is 0 Å². The summed E-state index contributed by atoms with van der Waals surface area (Å²) >= 11 is 3.48. The van der Waals surface area contributed by atoms with Crippen molar-refractivity contribution in [2.24, 2.45) is 9.98 Å². The van der Waals surface area contributed by atoms with Crippen molar-refractivity contribution in [1.82, 2.24) is 0 Å². The highest BCUT2D eigenvalue weighted by molar-refractivity contribution is 7.99. The van der Waals surface area contributed by atoms with E-state index in [9.17, 15) is 0 Å². The van der Waals surface area contributed by atoms with Gasteiger partial charge in [0.2, 0.25) is 0 Å². The second-order valence-corrected chi connectivity index (χ2v) is 7.92. The van der Waals surface area contributed by atoms with E-state index in [2.05, 4.69) is 76.6 Å². The summed E-state index contributed by atoms with van der Waals surface area (Å²) in [5.41, 5.74) is 6.79. The molecule has 0 spiro atoms. The molecule has 0 N–H and O–H groups in total. The van der Waals surface area contributed by atoms with E-state index in [1.165, 1.54) is 20.9 Å². The quantitative estimate of drug-likeness (QED) is 0.403. The zero-order valence-corrected chi connectivity index (χ0v) is 17.5. The molecule has 0 aromatic heterocycles. The Hall–Kier alpha value is -1.52. The first-order valence-corrected chi connectivity index (χ1v) is 10.8. The predicted molar refractivity (Wildman–Crippen MR) is 116 cm³/mol. The van der Waals surface area contributed by atoms with E-state index in [1.807, 2.05) is 0 Å². The normalized spacial score (nSPS) is 12.6. The van der Waals surface area contributed by atoms with Gasteiger partial charge in [-0.25, -0.2) is 0 Å². The van der Waals surface area contributed by atoms with Crippen LogP contribution in [0.3, 0.4) is 0 Å². The molecule has 0 unspecified atom stereocenters. The van der Waals surface area contributed by atoms with Crippen LogP contribution < -0.4 is 0 Å². The summed E-state index contributed by atoms with van der Waals surface area (Å²) < 4.78 is 0. The van der Waals surface area contributed by atoms with Crippen LogP contribution in [0.25, 0.3) is 0 Å². The van der Waals surface area contributed by atoms with Gasteiger partial charge in [0, 0.05) is 27.6 Å². The first-order chi connectivity index (χ1) is 11.9. The molecule has 2 rings (SSSR count). The number of thioether (sulfide) groups is 2. The van der Waals surface area contributed by atoms with Gasteiger partial charge in [-0.3, -0.25) is 9.98 Å². The molecule has 0 saturated heterocycles. The number of hydrogen-bond acceptors (Lipinski definition) is 4. The Kier molecular flexibility index (Phi) is 7.33. The molecule has 0 radical (unpaired) electrons. The molecule has 0 saturated carbocycles. The molecule has 2 aromatic carbocycles. The minimum atomic E-state index is 0.781. The molecule has 2 aromatic rings. The van der Waals surface area contributed by atoms with E-state index in [-0.39, 0.29) is 0 Å². The Bertz CT molecular complexity index is 740. The summed E-state index contributed by atoms with van der Waals surface area (Å²) in [5.74, 6) is 0. The topological polar surface area (TPSA) is 24.7 Å². The lowest BCUT2D eigenvalue weighted by molar-refractivity contribution is 1.28. The van der Waals surface area contributed by atoms with Crippen LogP contribution in [0, 0.1) is 13.8 Å². The van der Waals surface area contributed by atoms with Crippen LogP contribution in [0.4, 0.5) is 11.4 Å². The van der Waals surface area contributed by atoms with Crippen LogP contribution in [-0.4, -0.2) is 23.9 Å². The Morgan fingerprint density at radius 2 is 1.16 bits per heavy atom. The Labute approximate surface area is 160 Å². The highest BCUT2D eigenvalue weighted by Gasteiger charge is 2.05. The fourth-order valence-electron chi connectivity index (χ4n) is 2.61. The van der Waals surface area contributed by atoms with E-state index < -0.39 is 0 Å². The number of benzene rings is 2. The molecule has 0 fully saturated rings. The third kappa shape index (κ3) is 5.75. The number of aryl methyl sites for hydroxylation is 2. The third-order valence-electron chi connectivity index (χ3n) is 3.80. The fraction of sp³-hybridized carbons (Fsp3) is 0.333. The van der Waals surface area contributed by atoms with Crippen LogP contribution in [0.15, 0.2) is 56.2 Å². The van der Waals surface area contributed by atoms with E-state index in [4.69, 9.17) is 9.98 Å². The molecule has 0 aliphatic rings. The van der Waals surface area contributed by atoms with Gasteiger partial charge < -0.3 is 0 Å². The van der Waals surface area contributed by atoms with Crippen molar-refractivity contribution in [2.75, 3.05) is 12.5 Å². The summed E-state index contributed by atoms with van der Waals surface area (Å²) in [6.45, 7) is 8.38. The summed E-state index contributed by atoms with van der Waals surface area (Å²) in [5, 5.41) is 0. The van der Waals surface area contributed by atoms with E-state index >= 15 is 0 Å². The van der Waals surface area contributed by atoms with E-state index in [0.717, 1.165) is 29.2 Å². The lowest BCUT2D eigenvalue weighted by Gasteiger charge is -2.08. The number of hydrogen-bond donors (Lipinski definition) is 0. The molecule has 0 heterocycles. The van der Waals surface area contributed by atoms with E-state index in [1.54, 1.807) is 23.5 Å². The summed E-state index contributed by atoms with van der Waals surface area (Å²) in [6.07, 6.45) is 4.97. The van der Waals surface area contributed by atoms with Crippen molar-refractivity contribution >= 4 is 46.3 Å². The van der Waals surface area contributed by atoms with Gasteiger partial charge in [-0.2, -0.15) is 0 Å². The van der Waals surface area contributed by atoms with Crippen molar-refractivity contribution in [2.45, 2.75) is 43.9 Å². The molecule has 0 atom stereocenters. The van der Waals surface area contributed by atoms with Crippen molar-refractivity contribution in [3.8, 4) is 0 Å². The lowest BCUT2D eigenvalue weighted by atomic mass is 10.2. The minimum Gasteiger partial charge on any atom is -0.257 e. The number of rotatable bonds is 6. The zero-order chi connectivity index (χ0) is 18.4. The van der Waals surface area contributed by atoms with Crippen LogP contribution in [-0.2, 0) is 0 Å². The number of aliphatic imine (C=N–C) groups is 2. The van der Waals surface area contributed by atoms with Gasteiger partial charge in [-0.15, -0.1) is 23.5 Å². The number of nitrogens with zero attached hydrogens (tertiary/aromatic N) is 2. The zero-order valence-electron chi connectivity index (χ0n) is 15.9. The molecule has 132 valence electrons. The average molecular weight is 371 g/mol. The molecular weight excluding hydrogens is 344 g/mol. The Balaban J connectivity index is 2.21. The van der Waals surface area contributed by atoms with Gasteiger partial charge in [0.15, 0.2) is 0 Å². The predicted octanol–water partition coefficient (Wildman–Crippen LogP) is 7.02. The molecule has 0 aliphatic heterocycles. The van der Waals surface area contributed by atoms with Gasteiger partial charge in [0.05, 0.1) is 11.4 Å². The SMILES string of the molecule is CSc1cc(C)ccc1N=C(C)CC(C)=Nc1ccc(C)cc1SC. The third-order valence-corrected chi connectivity index (χ3v) is 5.34. The molecule has 0 bridgehead atoms. The highest BCUT2D eigenvalue weighted by Crippen LogP contribution is 2.30. The minimum absolute atomic E-state index is 0.781. The Morgan fingerprint density at radius 1 is 0.760 bits per heavy atom. The molecular formula is C21H26N2S2. The maximum absolute atomic E-state index is 4.82. The maximum Gasteiger partial charge on any atom is 0.0764 e. The second kappa shape index (κ2) is 9.25. The van der Waals surface area contributed by atoms with Gasteiger partial charge in [-0.05, 0) is 75.6 Å². The maximum atomic E-state index is 4.82. The molecule has 25 heavy (non-hydrogen) atoms. The van der Waals surface area contributed by atoms with Crippen LogP contribution >= 0.6 is 23.5 Å². The summed E-state index contributed by atoms with van der Waals surface area (Å²) in [4.78, 5) is 12.1. The largest absolute Gasteiger partial charge is 0.257 e.